The van der Waals surface area contributed by atoms with Crippen LogP contribution in [0, 0.1) is 0 Å². The average molecular weight is 410 g/mol. The first-order valence-electron chi connectivity index (χ1n) is 9.61. The summed E-state index contributed by atoms with van der Waals surface area (Å²) in [6, 6.07) is 16.1. The van der Waals surface area contributed by atoms with Crippen molar-refractivity contribution in [3.05, 3.63) is 60.3 Å². The van der Waals surface area contributed by atoms with E-state index in [1.165, 1.54) is 7.11 Å². The van der Waals surface area contributed by atoms with E-state index in [-0.39, 0.29) is 0 Å². The highest BCUT2D eigenvalue weighted by Gasteiger charge is 2.11. The fourth-order valence-corrected chi connectivity index (χ4v) is 3.77. The van der Waals surface area contributed by atoms with Gasteiger partial charge in [-0.15, -0.1) is 0 Å². The van der Waals surface area contributed by atoms with Crippen LogP contribution in [0.4, 0.5) is 0 Å². The minimum Gasteiger partial charge on any atom is -0.494 e. The number of fused-ring (bicyclic) bond motifs is 1. The molecule has 2 aromatic carbocycles. The molecular weight excluding hydrogens is 386 g/mol. The highest BCUT2D eigenvalue weighted by molar-refractivity contribution is 7.19. The Labute approximate surface area is 173 Å². The van der Waals surface area contributed by atoms with E-state index in [1.807, 2.05) is 59.2 Å². The highest BCUT2D eigenvalue weighted by atomic mass is 32.1. The molecule has 0 aliphatic carbocycles. The molecule has 0 fully saturated rings. The van der Waals surface area contributed by atoms with Crippen molar-refractivity contribution in [1.29, 1.82) is 0 Å². The van der Waals surface area contributed by atoms with Gasteiger partial charge in [0.15, 0.2) is 0 Å². The molecule has 0 aliphatic rings. The molecule has 0 bridgehead atoms. The molecule has 0 saturated heterocycles. The predicted molar refractivity (Wildman–Crippen MR) is 114 cm³/mol. The number of unbranched alkanes of at least 4 members (excludes halogenated alkanes) is 1. The van der Waals surface area contributed by atoms with Crippen LogP contribution in [-0.4, -0.2) is 28.3 Å². The van der Waals surface area contributed by atoms with E-state index in [0.717, 1.165) is 57.6 Å². The molecule has 0 N–H and O–H groups in total. The molecule has 0 aliphatic heterocycles. The Hall–Kier alpha value is -2.74. The molecule has 4 rings (SSSR count). The Bertz CT molecular complexity index is 1020. The number of benzene rings is 2. The number of rotatable bonds is 9. The van der Waals surface area contributed by atoms with Gasteiger partial charge in [-0.1, -0.05) is 48.9 Å². The molecule has 2 aromatic heterocycles. The number of nitrogens with zero attached hydrogens (tertiary/aromatic N) is 3. The molecule has 150 valence electrons. The van der Waals surface area contributed by atoms with Gasteiger partial charge in [0, 0.05) is 11.1 Å². The summed E-state index contributed by atoms with van der Waals surface area (Å²) in [7, 11) is 1.50. The second-order valence-corrected chi connectivity index (χ2v) is 7.57. The van der Waals surface area contributed by atoms with E-state index in [0.29, 0.717) is 6.61 Å². The van der Waals surface area contributed by atoms with E-state index in [2.05, 4.69) is 16.9 Å². The van der Waals surface area contributed by atoms with Gasteiger partial charge in [0.05, 0.1) is 25.6 Å². The highest BCUT2D eigenvalue weighted by Crippen LogP contribution is 2.29. The molecule has 4 aromatic rings. The minimum absolute atomic E-state index is 0.420. The normalized spacial score (nSPS) is 11.2. The minimum atomic E-state index is 0.420. The van der Waals surface area contributed by atoms with Gasteiger partial charge in [-0.25, -0.2) is 19.3 Å². The van der Waals surface area contributed by atoms with E-state index in [1.54, 1.807) is 11.3 Å². The lowest BCUT2D eigenvalue weighted by Gasteiger charge is -2.05. The van der Waals surface area contributed by atoms with Crippen LogP contribution in [0.2, 0.25) is 0 Å². The molecule has 0 saturated carbocycles. The van der Waals surface area contributed by atoms with Gasteiger partial charge in [-0.05, 0) is 36.2 Å². The Morgan fingerprint density at radius 2 is 1.76 bits per heavy atom. The van der Waals surface area contributed by atoms with E-state index < -0.39 is 0 Å². The summed E-state index contributed by atoms with van der Waals surface area (Å²) in [6.45, 7) is 3.33. The zero-order valence-corrected chi connectivity index (χ0v) is 17.3. The first-order valence-corrected chi connectivity index (χ1v) is 10.4. The van der Waals surface area contributed by atoms with Crippen LogP contribution < -0.4 is 4.74 Å². The van der Waals surface area contributed by atoms with Gasteiger partial charge in [0.2, 0.25) is 4.96 Å². The quantitative estimate of drug-likeness (QED) is 0.211. The standard InChI is InChI=1S/C22H23N3O3S/c1-3-4-13-27-19-11-9-17(10-12-19)20-14-25-22(23-20)29-21(24-25)18-7-5-16(6-8-18)15-28-26-2/h5-12,14H,3-4,13,15H2,1-2H3. The van der Waals surface area contributed by atoms with Gasteiger partial charge in [-0.3, -0.25) is 0 Å². The first kappa shape index (κ1) is 19.6. The molecule has 29 heavy (non-hydrogen) atoms. The van der Waals surface area contributed by atoms with Gasteiger partial charge >= 0.3 is 0 Å². The number of hydrogen-bond donors (Lipinski definition) is 0. The zero-order chi connectivity index (χ0) is 20.1. The third-order valence-electron chi connectivity index (χ3n) is 4.50. The second-order valence-electron chi connectivity index (χ2n) is 6.61. The number of hydrogen-bond acceptors (Lipinski definition) is 6. The fourth-order valence-electron chi connectivity index (χ4n) is 2.88. The maximum atomic E-state index is 5.73. The zero-order valence-electron chi connectivity index (χ0n) is 16.5. The van der Waals surface area contributed by atoms with Crippen molar-refractivity contribution in [2.45, 2.75) is 26.4 Å². The maximum Gasteiger partial charge on any atom is 0.213 e. The van der Waals surface area contributed by atoms with Crippen molar-refractivity contribution in [3.8, 4) is 27.6 Å². The third-order valence-corrected chi connectivity index (χ3v) is 5.48. The molecule has 6 nitrogen and oxygen atoms in total. The Balaban J connectivity index is 1.48. The maximum absolute atomic E-state index is 5.73. The van der Waals surface area contributed by atoms with E-state index in [9.17, 15) is 0 Å². The Morgan fingerprint density at radius 1 is 1.00 bits per heavy atom. The van der Waals surface area contributed by atoms with Crippen molar-refractivity contribution < 1.29 is 14.5 Å². The lowest BCUT2D eigenvalue weighted by atomic mass is 10.1. The van der Waals surface area contributed by atoms with Crippen molar-refractivity contribution in [3.63, 3.8) is 0 Å². The Kier molecular flexibility index (Phi) is 6.19. The predicted octanol–water partition coefficient (Wildman–Crippen LogP) is 5.38. The van der Waals surface area contributed by atoms with Crippen LogP contribution >= 0.6 is 11.3 Å². The summed E-state index contributed by atoms with van der Waals surface area (Å²) in [4.78, 5) is 15.2. The summed E-state index contributed by atoms with van der Waals surface area (Å²) in [5.74, 6) is 0.892. The summed E-state index contributed by atoms with van der Waals surface area (Å²) in [6.07, 6.45) is 4.16. The van der Waals surface area contributed by atoms with Crippen LogP contribution in [0.25, 0.3) is 26.8 Å². The monoisotopic (exact) mass is 409 g/mol. The molecule has 7 heteroatoms. The van der Waals surface area contributed by atoms with Gasteiger partial charge in [0.25, 0.3) is 0 Å². The van der Waals surface area contributed by atoms with Crippen molar-refractivity contribution in [1.82, 2.24) is 14.6 Å². The van der Waals surface area contributed by atoms with Crippen LogP contribution in [-0.2, 0) is 16.4 Å². The van der Waals surface area contributed by atoms with E-state index in [4.69, 9.17) is 14.6 Å². The molecule has 0 radical (unpaired) electrons. The van der Waals surface area contributed by atoms with Gasteiger partial charge < -0.3 is 4.74 Å². The summed E-state index contributed by atoms with van der Waals surface area (Å²) >= 11 is 1.57. The number of ether oxygens (including phenoxy) is 1. The van der Waals surface area contributed by atoms with Crippen molar-refractivity contribution >= 4 is 16.3 Å². The third kappa shape index (κ3) is 4.64. The van der Waals surface area contributed by atoms with Crippen LogP contribution in [0.5, 0.6) is 5.75 Å². The lowest BCUT2D eigenvalue weighted by molar-refractivity contribution is -0.282. The summed E-state index contributed by atoms with van der Waals surface area (Å²) in [5, 5.41) is 5.61. The average Bonchev–Trinajstić information content (AvgIpc) is 3.33. The van der Waals surface area contributed by atoms with E-state index >= 15 is 0 Å². The largest absolute Gasteiger partial charge is 0.494 e. The fraction of sp³-hybridized carbons (Fsp3) is 0.273. The second kappa shape index (κ2) is 9.17. The molecule has 2 heterocycles. The first-order chi connectivity index (χ1) is 14.3. The number of aromatic nitrogens is 3. The lowest BCUT2D eigenvalue weighted by Crippen LogP contribution is -1.95. The topological polar surface area (TPSA) is 57.9 Å². The molecular formula is C22H23N3O3S. The van der Waals surface area contributed by atoms with Crippen LogP contribution in [0.3, 0.4) is 0 Å². The molecule has 0 unspecified atom stereocenters. The SMILES string of the molecule is CCCCOc1ccc(-c2cn3nc(-c4ccc(COOC)cc4)sc3n2)cc1. The molecule has 0 atom stereocenters. The Morgan fingerprint density at radius 3 is 2.45 bits per heavy atom. The van der Waals surface area contributed by atoms with Crippen molar-refractivity contribution in [2.75, 3.05) is 13.7 Å². The molecule has 0 spiro atoms. The summed E-state index contributed by atoms with van der Waals surface area (Å²) < 4.78 is 7.56. The smallest absolute Gasteiger partial charge is 0.213 e. The van der Waals surface area contributed by atoms with Gasteiger partial charge in [-0.2, -0.15) is 5.10 Å². The number of imidazole rings is 1. The van der Waals surface area contributed by atoms with Crippen molar-refractivity contribution in [2.24, 2.45) is 0 Å². The molecule has 0 amide bonds. The van der Waals surface area contributed by atoms with Crippen LogP contribution in [0.15, 0.2) is 54.7 Å². The van der Waals surface area contributed by atoms with Gasteiger partial charge in [0.1, 0.15) is 17.4 Å². The van der Waals surface area contributed by atoms with Crippen LogP contribution in [0.1, 0.15) is 25.3 Å². The summed E-state index contributed by atoms with van der Waals surface area (Å²) in [5.41, 5.74) is 4.05.